The molecule has 0 saturated carbocycles. The van der Waals surface area contributed by atoms with Gasteiger partial charge in [-0.3, -0.25) is 4.79 Å². The van der Waals surface area contributed by atoms with Crippen molar-refractivity contribution in [3.8, 4) is 5.82 Å². The van der Waals surface area contributed by atoms with Gasteiger partial charge in [-0.1, -0.05) is 0 Å². The summed E-state index contributed by atoms with van der Waals surface area (Å²) in [4.78, 5) is 16.7. The highest BCUT2D eigenvalue weighted by molar-refractivity contribution is 5.95. The maximum atomic E-state index is 12.7. The van der Waals surface area contributed by atoms with Gasteiger partial charge in [0.25, 0.3) is 5.91 Å². The lowest BCUT2D eigenvalue weighted by Crippen LogP contribution is -2.49. The van der Waals surface area contributed by atoms with Gasteiger partial charge in [0.15, 0.2) is 11.6 Å². The summed E-state index contributed by atoms with van der Waals surface area (Å²) in [5.41, 5.74) is 2.63. The quantitative estimate of drug-likeness (QED) is 0.694. The maximum absolute atomic E-state index is 12.7. The molecule has 0 unspecified atom stereocenters. The molecule has 1 saturated heterocycles. The molecule has 146 valence electrons. The first-order valence-corrected chi connectivity index (χ1v) is 9.41. The molecule has 1 aliphatic rings. The van der Waals surface area contributed by atoms with Gasteiger partial charge in [0.05, 0.1) is 11.3 Å². The van der Waals surface area contributed by atoms with Crippen LogP contribution in [-0.4, -0.2) is 57.0 Å². The standard InChI is InChI=1S/C20H24N6O2/c1-13-11-14(2)26(23-13)19-6-5-18(21-22-19)24-7-9-25(10-8-24)20(27)17-12-15(3)28-16(17)4/h5-6,11-12H,7-10H2,1-4H3. The third kappa shape index (κ3) is 3.37. The van der Waals surface area contributed by atoms with Gasteiger partial charge in [0.1, 0.15) is 11.5 Å². The summed E-state index contributed by atoms with van der Waals surface area (Å²) >= 11 is 0. The van der Waals surface area contributed by atoms with Crippen molar-refractivity contribution in [3.05, 3.63) is 52.7 Å². The van der Waals surface area contributed by atoms with Crippen LogP contribution in [0.4, 0.5) is 5.82 Å². The van der Waals surface area contributed by atoms with Gasteiger partial charge in [-0.2, -0.15) is 5.10 Å². The molecule has 1 amide bonds. The number of aromatic nitrogens is 4. The number of hydrogen-bond donors (Lipinski definition) is 0. The Balaban J connectivity index is 1.42. The van der Waals surface area contributed by atoms with Crippen LogP contribution < -0.4 is 4.90 Å². The summed E-state index contributed by atoms with van der Waals surface area (Å²) in [7, 11) is 0. The van der Waals surface area contributed by atoms with Gasteiger partial charge in [-0.05, 0) is 52.0 Å². The van der Waals surface area contributed by atoms with Crippen molar-refractivity contribution in [3.63, 3.8) is 0 Å². The Kier molecular flexibility index (Phi) is 4.62. The Labute approximate surface area is 163 Å². The highest BCUT2D eigenvalue weighted by atomic mass is 16.3. The fourth-order valence-electron chi connectivity index (χ4n) is 3.61. The second-order valence-electron chi connectivity index (χ2n) is 7.19. The topological polar surface area (TPSA) is 80.3 Å². The van der Waals surface area contributed by atoms with Crippen LogP contribution in [-0.2, 0) is 0 Å². The Morgan fingerprint density at radius 1 is 0.964 bits per heavy atom. The lowest BCUT2D eigenvalue weighted by atomic mass is 10.2. The van der Waals surface area contributed by atoms with Crippen molar-refractivity contribution >= 4 is 11.7 Å². The Hall–Kier alpha value is -3.16. The molecule has 4 heterocycles. The number of furan rings is 1. The zero-order valence-corrected chi connectivity index (χ0v) is 16.6. The zero-order valence-electron chi connectivity index (χ0n) is 16.6. The first-order valence-electron chi connectivity index (χ1n) is 9.41. The molecule has 0 aliphatic carbocycles. The van der Waals surface area contributed by atoms with Crippen LogP contribution in [0.5, 0.6) is 0 Å². The van der Waals surface area contributed by atoms with Gasteiger partial charge in [0, 0.05) is 31.9 Å². The number of aryl methyl sites for hydroxylation is 4. The highest BCUT2D eigenvalue weighted by Crippen LogP contribution is 2.19. The summed E-state index contributed by atoms with van der Waals surface area (Å²) in [6.45, 7) is 10.4. The van der Waals surface area contributed by atoms with Gasteiger partial charge in [-0.25, -0.2) is 4.68 Å². The summed E-state index contributed by atoms with van der Waals surface area (Å²) < 4.78 is 7.28. The van der Waals surface area contributed by atoms with Gasteiger partial charge >= 0.3 is 0 Å². The smallest absolute Gasteiger partial charge is 0.257 e. The molecule has 3 aromatic rings. The van der Waals surface area contributed by atoms with E-state index in [-0.39, 0.29) is 5.91 Å². The zero-order chi connectivity index (χ0) is 19.8. The number of carbonyl (C=O) groups excluding carboxylic acids is 1. The minimum atomic E-state index is 0.0277. The molecule has 1 fully saturated rings. The molecular weight excluding hydrogens is 356 g/mol. The second kappa shape index (κ2) is 7.10. The number of carbonyl (C=O) groups is 1. The molecule has 0 radical (unpaired) electrons. The van der Waals surface area contributed by atoms with Crippen LogP contribution in [0.3, 0.4) is 0 Å². The minimum absolute atomic E-state index is 0.0277. The molecule has 8 nitrogen and oxygen atoms in total. The number of rotatable bonds is 3. The minimum Gasteiger partial charge on any atom is -0.466 e. The van der Waals surface area contributed by atoms with E-state index in [9.17, 15) is 4.79 Å². The molecule has 0 N–H and O–H groups in total. The third-order valence-electron chi connectivity index (χ3n) is 5.03. The SMILES string of the molecule is Cc1cc(C)n(-c2ccc(N3CCN(C(=O)c4cc(C)oc4C)CC3)nn2)n1. The van der Waals surface area contributed by atoms with Crippen LogP contribution >= 0.6 is 0 Å². The Morgan fingerprint density at radius 2 is 1.64 bits per heavy atom. The van der Waals surface area contributed by atoms with Crippen molar-refractivity contribution in [2.45, 2.75) is 27.7 Å². The summed E-state index contributed by atoms with van der Waals surface area (Å²) in [5.74, 6) is 2.98. The summed E-state index contributed by atoms with van der Waals surface area (Å²) in [6.07, 6.45) is 0. The first kappa shape index (κ1) is 18.2. The molecule has 8 heteroatoms. The van der Waals surface area contributed by atoms with Crippen LogP contribution in [0.1, 0.15) is 33.3 Å². The third-order valence-corrected chi connectivity index (χ3v) is 5.03. The van der Waals surface area contributed by atoms with Gasteiger partial charge < -0.3 is 14.2 Å². The van der Waals surface area contributed by atoms with Crippen LogP contribution in [0.15, 0.2) is 28.7 Å². The van der Waals surface area contributed by atoms with E-state index >= 15 is 0 Å². The average Bonchev–Trinajstić information content (AvgIpc) is 3.21. The van der Waals surface area contributed by atoms with Crippen molar-refractivity contribution < 1.29 is 9.21 Å². The second-order valence-corrected chi connectivity index (χ2v) is 7.19. The Morgan fingerprint density at radius 3 is 2.18 bits per heavy atom. The lowest BCUT2D eigenvalue weighted by Gasteiger charge is -2.35. The fraction of sp³-hybridized carbons (Fsp3) is 0.400. The average molecular weight is 380 g/mol. The van der Waals surface area contributed by atoms with Gasteiger partial charge in [0.2, 0.25) is 0 Å². The number of nitrogens with zero attached hydrogens (tertiary/aromatic N) is 6. The van der Waals surface area contributed by atoms with E-state index in [1.807, 2.05) is 56.9 Å². The van der Waals surface area contributed by atoms with Crippen LogP contribution in [0.25, 0.3) is 5.82 Å². The van der Waals surface area contributed by atoms with E-state index in [0.29, 0.717) is 30.2 Å². The van der Waals surface area contributed by atoms with Crippen molar-refractivity contribution in [2.75, 3.05) is 31.1 Å². The predicted molar refractivity (Wildman–Crippen MR) is 105 cm³/mol. The normalized spacial score (nSPS) is 14.6. The van der Waals surface area contributed by atoms with E-state index in [2.05, 4.69) is 20.2 Å². The van der Waals surface area contributed by atoms with E-state index in [1.165, 1.54) is 0 Å². The van der Waals surface area contributed by atoms with E-state index in [0.717, 1.165) is 36.1 Å². The predicted octanol–water partition coefficient (Wildman–Crippen LogP) is 2.45. The van der Waals surface area contributed by atoms with Crippen LogP contribution in [0, 0.1) is 27.7 Å². The monoisotopic (exact) mass is 380 g/mol. The molecule has 1 aliphatic heterocycles. The maximum Gasteiger partial charge on any atom is 0.257 e. The van der Waals surface area contributed by atoms with E-state index < -0.39 is 0 Å². The molecule has 0 spiro atoms. The van der Waals surface area contributed by atoms with Crippen molar-refractivity contribution in [2.24, 2.45) is 0 Å². The molecule has 0 atom stereocenters. The summed E-state index contributed by atoms with van der Waals surface area (Å²) in [5, 5.41) is 13.1. The van der Waals surface area contributed by atoms with Crippen LogP contribution in [0.2, 0.25) is 0 Å². The van der Waals surface area contributed by atoms with E-state index in [1.54, 1.807) is 4.68 Å². The van der Waals surface area contributed by atoms with Crippen molar-refractivity contribution in [1.29, 1.82) is 0 Å². The molecule has 0 bridgehead atoms. The molecule has 3 aromatic heterocycles. The number of piperazine rings is 1. The highest BCUT2D eigenvalue weighted by Gasteiger charge is 2.25. The molecule has 0 aromatic carbocycles. The number of anilines is 1. The lowest BCUT2D eigenvalue weighted by molar-refractivity contribution is 0.0744. The number of hydrogen-bond acceptors (Lipinski definition) is 6. The number of amides is 1. The Bertz CT molecular complexity index is 996. The van der Waals surface area contributed by atoms with Gasteiger partial charge in [-0.15, -0.1) is 10.2 Å². The fourth-order valence-corrected chi connectivity index (χ4v) is 3.61. The molecule has 28 heavy (non-hydrogen) atoms. The molecule has 4 rings (SSSR count). The van der Waals surface area contributed by atoms with Crippen molar-refractivity contribution in [1.82, 2.24) is 24.9 Å². The first-order chi connectivity index (χ1) is 13.4. The largest absolute Gasteiger partial charge is 0.466 e. The summed E-state index contributed by atoms with van der Waals surface area (Å²) in [6, 6.07) is 7.71. The molecular formula is C20H24N6O2. The van der Waals surface area contributed by atoms with E-state index in [4.69, 9.17) is 4.42 Å².